The predicted octanol–water partition coefficient (Wildman–Crippen LogP) is 1.60. The Labute approximate surface area is 110 Å². The van der Waals surface area contributed by atoms with Crippen LogP contribution < -0.4 is 5.32 Å². The fourth-order valence-corrected chi connectivity index (χ4v) is 2.42. The molecule has 0 spiro atoms. The predicted molar refractivity (Wildman–Crippen MR) is 73.3 cm³/mol. The molecule has 0 saturated carbocycles. The Hall–Kier alpha value is -1.00. The van der Waals surface area contributed by atoms with Gasteiger partial charge >= 0.3 is 0 Å². The fraction of sp³-hybridized carbons (Fsp3) is 0.714. The molecular weight excluding hydrogens is 224 g/mol. The van der Waals surface area contributed by atoms with E-state index in [0.29, 0.717) is 18.0 Å². The highest BCUT2D eigenvalue weighted by atomic mass is 15.2. The van der Waals surface area contributed by atoms with Crippen LogP contribution in [0.5, 0.6) is 0 Å². The molecule has 1 aliphatic heterocycles. The van der Waals surface area contributed by atoms with Crippen LogP contribution >= 0.6 is 0 Å². The van der Waals surface area contributed by atoms with E-state index in [4.69, 9.17) is 0 Å². The zero-order chi connectivity index (χ0) is 13.1. The summed E-state index contributed by atoms with van der Waals surface area (Å²) in [6.07, 6.45) is 1.85. The van der Waals surface area contributed by atoms with Gasteiger partial charge in [-0.05, 0) is 25.8 Å². The van der Waals surface area contributed by atoms with E-state index < -0.39 is 0 Å². The van der Waals surface area contributed by atoms with Gasteiger partial charge in [-0.3, -0.25) is 4.90 Å². The summed E-state index contributed by atoms with van der Waals surface area (Å²) in [5.41, 5.74) is 1.12. The van der Waals surface area contributed by atoms with Crippen molar-refractivity contribution >= 4 is 0 Å². The number of aryl methyl sites for hydroxylation is 1. The van der Waals surface area contributed by atoms with E-state index in [1.165, 1.54) is 0 Å². The number of nitrogens with one attached hydrogen (secondary N) is 1. The molecule has 2 unspecified atom stereocenters. The van der Waals surface area contributed by atoms with Crippen molar-refractivity contribution in [3.05, 3.63) is 23.8 Å². The standard InChI is InChI=1S/C14H24N4/c1-10(2)14-9-18(11(3)7-16-14)8-13-5-6-15-12(4)17-13/h5-6,10-11,14,16H,7-9H2,1-4H3. The van der Waals surface area contributed by atoms with Gasteiger partial charge in [-0.1, -0.05) is 13.8 Å². The van der Waals surface area contributed by atoms with Crippen molar-refractivity contribution in [2.24, 2.45) is 5.92 Å². The largest absolute Gasteiger partial charge is 0.311 e. The Bertz CT molecular complexity index is 391. The second-order valence-corrected chi connectivity index (χ2v) is 5.63. The Morgan fingerprint density at radius 2 is 2.28 bits per heavy atom. The Morgan fingerprint density at radius 3 is 2.94 bits per heavy atom. The number of aromatic nitrogens is 2. The molecule has 0 aliphatic carbocycles. The van der Waals surface area contributed by atoms with Crippen LogP contribution in [0.4, 0.5) is 0 Å². The van der Waals surface area contributed by atoms with E-state index >= 15 is 0 Å². The van der Waals surface area contributed by atoms with Crippen molar-refractivity contribution in [3.63, 3.8) is 0 Å². The van der Waals surface area contributed by atoms with E-state index in [9.17, 15) is 0 Å². The number of nitrogens with zero attached hydrogens (tertiary/aromatic N) is 3. The summed E-state index contributed by atoms with van der Waals surface area (Å²) < 4.78 is 0. The molecule has 1 aliphatic rings. The lowest BCUT2D eigenvalue weighted by molar-refractivity contribution is 0.114. The number of hydrogen-bond donors (Lipinski definition) is 1. The molecule has 0 amide bonds. The molecule has 0 radical (unpaired) electrons. The van der Waals surface area contributed by atoms with Gasteiger partial charge in [-0.25, -0.2) is 9.97 Å². The van der Waals surface area contributed by atoms with Crippen molar-refractivity contribution in [1.82, 2.24) is 20.2 Å². The monoisotopic (exact) mass is 248 g/mol. The van der Waals surface area contributed by atoms with Crippen LogP contribution in [0.2, 0.25) is 0 Å². The zero-order valence-corrected chi connectivity index (χ0v) is 11.8. The van der Waals surface area contributed by atoms with Gasteiger partial charge < -0.3 is 5.32 Å². The molecule has 0 bridgehead atoms. The molecule has 1 saturated heterocycles. The van der Waals surface area contributed by atoms with Crippen molar-refractivity contribution in [2.75, 3.05) is 13.1 Å². The van der Waals surface area contributed by atoms with Crippen LogP contribution in [0.3, 0.4) is 0 Å². The maximum Gasteiger partial charge on any atom is 0.125 e. The molecule has 1 aromatic heterocycles. The van der Waals surface area contributed by atoms with E-state index in [2.05, 4.69) is 41.0 Å². The summed E-state index contributed by atoms with van der Waals surface area (Å²) >= 11 is 0. The quantitative estimate of drug-likeness (QED) is 0.882. The van der Waals surface area contributed by atoms with Gasteiger partial charge in [0.2, 0.25) is 0 Å². The van der Waals surface area contributed by atoms with Crippen molar-refractivity contribution in [3.8, 4) is 0 Å². The van der Waals surface area contributed by atoms with Crippen LogP contribution in [0.1, 0.15) is 32.3 Å². The molecule has 18 heavy (non-hydrogen) atoms. The minimum atomic E-state index is 0.565. The van der Waals surface area contributed by atoms with Crippen molar-refractivity contribution in [1.29, 1.82) is 0 Å². The third kappa shape index (κ3) is 3.27. The number of piperazine rings is 1. The third-order valence-electron chi connectivity index (χ3n) is 3.73. The topological polar surface area (TPSA) is 41.1 Å². The summed E-state index contributed by atoms with van der Waals surface area (Å²) in [6, 6.07) is 3.17. The minimum Gasteiger partial charge on any atom is -0.311 e. The lowest BCUT2D eigenvalue weighted by atomic mass is 9.99. The van der Waals surface area contributed by atoms with Gasteiger partial charge in [0.25, 0.3) is 0 Å². The summed E-state index contributed by atoms with van der Waals surface area (Å²) in [4.78, 5) is 11.2. The van der Waals surface area contributed by atoms with Gasteiger partial charge in [-0.15, -0.1) is 0 Å². The Balaban J connectivity index is 2.02. The van der Waals surface area contributed by atoms with Gasteiger partial charge in [0.15, 0.2) is 0 Å². The van der Waals surface area contributed by atoms with Gasteiger partial charge in [0.1, 0.15) is 5.82 Å². The van der Waals surface area contributed by atoms with E-state index in [0.717, 1.165) is 31.2 Å². The first kappa shape index (κ1) is 13.4. The van der Waals surface area contributed by atoms with E-state index in [-0.39, 0.29) is 0 Å². The normalized spacial score (nSPS) is 25.6. The minimum absolute atomic E-state index is 0.565. The second kappa shape index (κ2) is 5.76. The van der Waals surface area contributed by atoms with Crippen molar-refractivity contribution < 1.29 is 0 Å². The van der Waals surface area contributed by atoms with Crippen molar-refractivity contribution in [2.45, 2.75) is 46.3 Å². The third-order valence-corrected chi connectivity index (χ3v) is 3.73. The molecule has 4 heteroatoms. The SMILES string of the molecule is Cc1nccc(CN2CC(C(C)C)NCC2C)n1. The maximum atomic E-state index is 4.50. The fourth-order valence-electron chi connectivity index (χ4n) is 2.42. The first-order chi connectivity index (χ1) is 8.56. The van der Waals surface area contributed by atoms with E-state index in [1.807, 2.05) is 19.2 Å². The second-order valence-electron chi connectivity index (χ2n) is 5.63. The molecule has 0 aromatic carbocycles. The Kier molecular flexibility index (Phi) is 4.30. The summed E-state index contributed by atoms with van der Waals surface area (Å²) in [6.45, 7) is 11.9. The average molecular weight is 248 g/mol. The smallest absolute Gasteiger partial charge is 0.125 e. The zero-order valence-electron chi connectivity index (χ0n) is 11.8. The highest BCUT2D eigenvalue weighted by molar-refractivity contribution is 5.02. The molecule has 2 heterocycles. The number of hydrogen-bond acceptors (Lipinski definition) is 4. The van der Waals surface area contributed by atoms with Crippen LogP contribution in [0.15, 0.2) is 12.3 Å². The van der Waals surface area contributed by atoms with Gasteiger partial charge in [0.05, 0.1) is 5.69 Å². The van der Waals surface area contributed by atoms with Gasteiger partial charge in [-0.2, -0.15) is 0 Å². The molecule has 1 fully saturated rings. The molecule has 2 atom stereocenters. The Morgan fingerprint density at radius 1 is 1.50 bits per heavy atom. The molecule has 100 valence electrons. The lowest BCUT2D eigenvalue weighted by Crippen LogP contribution is -2.56. The number of rotatable bonds is 3. The first-order valence-electron chi connectivity index (χ1n) is 6.82. The van der Waals surface area contributed by atoms with Crippen LogP contribution in [-0.2, 0) is 6.54 Å². The highest BCUT2D eigenvalue weighted by Crippen LogP contribution is 2.15. The lowest BCUT2D eigenvalue weighted by Gasteiger charge is -2.40. The average Bonchev–Trinajstić information content (AvgIpc) is 2.31. The molecule has 1 N–H and O–H groups in total. The molecular formula is C14H24N4. The van der Waals surface area contributed by atoms with Gasteiger partial charge in [0, 0.05) is 37.9 Å². The molecule has 4 nitrogen and oxygen atoms in total. The van der Waals surface area contributed by atoms with Crippen LogP contribution in [0, 0.1) is 12.8 Å². The summed E-state index contributed by atoms with van der Waals surface area (Å²) in [5, 5.41) is 3.62. The molecule has 1 aromatic rings. The first-order valence-corrected chi connectivity index (χ1v) is 6.82. The maximum absolute atomic E-state index is 4.50. The highest BCUT2D eigenvalue weighted by Gasteiger charge is 2.26. The summed E-state index contributed by atoms with van der Waals surface area (Å²) in [5.74, 6) is 1.53. The summed E-state index contributed by atoms with van der Waals surface area (Å²) in [7, 11) is 0. The molecule has 2 rings (SSSR count). The van der Waals surface area contributed by atoms with Crippen LogP contribution in [0.25, 0.3) is 0 Å². The van der Waals surface area contributed by atoms with Crippen LogP contribution in [-0.4, -0.2) is 40.0 Å². The van der Waals surface area contributed by atoms with E-state index in [1.54, 1.807) is 0 Å².